The molecule has 4 rings (SSSR count). The lowest BCUT2D eigenvalue weighted by molar-refractivity contribution is 0.0596. The molecule has 0 spiro atoms. The predicted octanol–water partition coefficient (Wildman–Crippen LogP) is 7.00. The minimum atomic E-state index is 0.119. The van der Waals surface area contributed by atoms with Gasteiger partial charge in [0.1, 0.15) is 0 Å². The number of hydrogen-bond donors (Lipinski definition) is 0. The Balaban J connectivity index is 1.68. The van der Waals surface area contributed by atoms with Crippen LogP contribution < -0.4 is 0 Å². The molecule has 0 aliphatic heterocycles. The van der Waals surface area contributed by atoms with Crippen molar-refractivity contribution in [3.8, 4) is 0 Å². The molecular formula is C29H33NO. The van der Waals surface area contributed by atoms with Crippen LogP contribution in [0.25, 0.3) is 0 Å². The molecule has 1 aliphatic carbocycles. The van der Waals surface area contributed by atoms with Crippen LogP contribution >= 0.6 is 0 Å². The Kier molecular flexibility index (Phi) is 6.86. The van der Waals surface area contributed by atoms with Crippen molar-refractivity contribution in [2.75, 3.05) is 0 Å². The molecule has 0 radical (unpaired) electrons. The van der Waals surface area contributed by atoms with E-state index in [0.717, 1.165) is 24.8 Å². The number of hydrogen-bond acceptors (Lipinski definition) is 1. The summed E-state index contributed by atoms with van der Waals surface area (Å²) in [6, 6.07) is 27.5. The summed E-state index contributed by atoms with van der Waals surface area (Å²) in [4.78, 5) is 16.0. The lowest BCUT2D eigenvalue weighted by Crippen LogP contribution is -2.36. The number of fused-ring (bicyclic) bond motifs is 1. The lowest BCUT2D eigenvalue weighted by Gasteiger charge is -2.34. The molecule has 2 heteroatoms. The summed E-state index contributed by atoms with van der Waals surface area (Å²) in [6.45, 7) is 5.09. The molecule has 2 atom stereocenters. The molecule has 0 saturated carbocycles. The maximum atomic E-state index is 13.9. The number of carbonyl (C=O) groups is 1. The molecule has 3 aromatic carbocycles. The first-order chi connectivity index (χ1) is 15.2. The van der Waals surface area contributed by atoms with Gasteiger partial charge < -0.3 is 4.90 Å². The number of aryl methyl sites for hydroxylation is 1. The van der Waals surface area contributed by atoms with Gasteiger partial charge in [0.2, 0.25) is 0 Å². The summed E-state index contributed by atoms with van der Waals surface area (Å²) in [5.74, 6) is 0.583. The minimum absolute atomic E-state index is 0.119. The average Bonchev–Trinajstić information content (AvgIpc) is 3.20. The van der Waals surface area contributed by atoms with Crippen molar-refractivity contribution in [3.05, 3.63) is 107 Å². The van der Waals surface area contributed by atoms with Crippen molar-refractivity contribution in [1.82, 2.24) is 4.90 Å². The van der Waals surface area contributed by atoms with Crippen molar-refractivity contribution in [2.24, 2.45) is 5.92 Å². The molecule has 0 heterocycles. The van der Waals surface area contributed by atoms with Gasteiger partial charge in [-0.25, -0.2) is 0 Å². The van der Waals surface area contributed by atoms with Crippen LogP contribution in [0.2, 0.25) is 0 Å². The standard InChI is InChI=1S/C29H33NO/c1-3-5-11-22-16-18-25(19-17-22)29(31)30(21-23-12-7-6-8-13-23)28-24(4-2)20-26-14-9-10-15-27(26)28/h6-10,12-19,24,28H,3-5,11,20-21H2,1-2H3. The van der Waals surface area contributed by atoms with Crippen LogP contribution in [0.4, 0.5) is 0 Å². The lowest BCUT2D eigenvalue weighted by atomic mass is 9.94. The second kappa shape index (κ2) is 9.96. The number of unbranched alkanes of at least 4 members (excludes halogenated alkanes) is 1. The summed E-state index contributed by atoms with van der Waals surface area (Å²) in [6.07, 6.45) is 5.56. The summed E-state index contributed by atoms with van der Waals surface area (Å²) in [5.41, 5.74) is 5.98. The molecule has 0 fully saturated rings. The third-order valence-electron chi connectivity index (χ3n) is 6.64. The fraction of sp³-hybridized carbons (Fsp3) is 0.345. The van der Waals surface area contributed by atoms with Crippen LogP contribution in [-0.2, 0) is 19.4 Å². The Morgan fingerprint density at radius 3 is 2.29 bits per heavy atom. The van der Waals surface area contributed by atoms with Crippen molar-refractivity contribution in [3.63, 3.8) is 0 Å². The maximum Gasteiger partial charge on any atom is 0.254 e. The van der Waals surface area contributed by atoms with Crippen LogP contribution in [0, 0.1) is 5.92 Å². The van der Waals surface area contributed by atoms with Crippen LogP contribution in [0.5, 0.6) is 0 Å². The zero-order valence-corrected chi connectivity index (χ0v) is 18.8. The number of nitrogens with zero attached hydrogens (tertiary/aromatic N) is 1. The summed E-state index contributed by atoms with van der Waals surface area (Å²) in [7, 11) is 0. The summed E-state index contributed by atoms with van der Waals surface area (Å²) >= 11 is 0. The van der Waals surface area contributed by atoms with Gasteiger partial charge in [-0.05, 0) is 59.6 Å². The SMILES string of the molecule is CCCCc1ccc(C(=O)N(Cc2ccccc2)C2c3ccccc3CC2CC)cc1. The fourth-order valence-corrected chi connectivity index (χ4v) is 4.88. The van der Waals surface area contributed by atoms with Crippen LogP contribution in [0.3, 0.4) is 0 Å². The van der Waals surface area contributed by atoms with E-state index in [2.05, 4.69) is 79.4 Å². The second-order valence-corrected chi connectivity index (χ2v) is 8.74. The Hall–Kier alpha value is -2.87. The van der Waals surface area contributed by atoms with Crippen LogP contribution in [0.15, 0.2) is 78.9 Å². The number of amides is 1. The zero-order valence-electron chi connectivity index (χ0n) is 18.8. The first-order valence-electron chi connectivity index (χ1n) is 11.7. The van der Waals surface area contributed by atoms with Crippen molar-refractivity contribution >= 4 is 5.91 Å². The Morgan fingerprint density at radius 2 is 1.58 bits per heavy atom. The predicted molar refractivity (Wildman–Crippen MR) is 128 cm³/mol. The Morgan fingerprint density at radius 1 is 0.871 bits per heavy atom. The normalized spacial score (nSPS) is 17.4. The highest BCUT2D eigenvalue weighted by Gasteiger charge is 2.37. The van der Waals surface area contributed by atoms with Gasteiger partial charge >= 0.3 is 0 Å². The van der Waals surface area contributed by atoms with E-state index in [-0.39, 0.29) is 11.9 Å². The second-order valence-electron chi connectivity index (χ2n) is 8.74. The molecule has 1 aliphatic rings. The molecule has 3 aromatic rings. The van der Waals surface area contributed by atoms with E-state index < -0.39 is 0 Å². The number of rotatable bonds is 8. The highest BCUT2D eigenvalue weighted by Crippen LogP contribution is 2.43. The first kappa shape index (κ1) is 21.4. The molecule has 31 heavy (non-hydrogen) atoms. The van der Waals surface area contributed by atoms with E-state index >= 15 is 0 Å². The average molecular weight is 412 g/mol. The van der Waals surface area contributed by atoms with E-state index in [9.17, 15) is 4.79 Å². The van der Waals surface area contributed by atoms with Gasteiger partial charge in [0.05, 0.1) is 6.04 Å². The van der Waals surface area contributed by atoms with E-state index in [1.807, 2.05) is 18.2 Å². The van der Waals surface area contributed by atoms with Crippen molar-refractivity contribution in [2.45, 2.75) is 58.5 Å². The molecule has 2 unspecified atom stereocenters. The van der Waals surface area contributed by atoms with Gasteiger partial charge in [-0.2, -0.15) is 0 Å². The van der Waals surface area contributed by atoms with Crippen molar-refractivity contribution in [1.29, 1.82) is 0 Å². The molecule has 0 aromatic heterocycles. The van der Waals surface area contributed by atoms with Gasteiger partial charge in [0.15, 0.2) is 0 Å². The molecule has 0 bridgehead atoms. The van der Waals surface area contributed by atoms with Gasteiger partial charge in [-0.15, -0.1) is 0 Å². The molecule has 0 N–H and O–H groups in total. The Labute approximate surface area is 186 Å². The third-order valence-corrected chi connectivity index (χ3v) is 6.64. The largest absolute Gasteiger partial charge is 0.327 e. The highest BCUT2D eigenvalue weighted by atomic mass is 16.2. The topological polar surface area (TPSA) is 20.3 Å². The molecule has 2 nitrogen and oxygen atoms in total. The zero-order chi connectivity index (χ0) is 21.6. The summed E-state index contributed by atoms with van der Waals surface area (Å²) in [5, 5.41) is 0. The van der Waals surface area contributed by atoms with Crippen LogP contribution in [-0.4, -0.2) is 10.8 Å². The minimum Gasteiger partial charge on any atom is -0.327 e. The first-order valence-corrected chi connectivity index (χ1v) is 11.7. The van der Waals surface area contributed by atoms with Gasteiger partial charge in [0, 0.05) is 12.1 Å². The monoisotopic (exact) mass is 411 g/mol. The van der Waals surface area contributed by atoms with Gasteiger partial charge in [0.25, 0.3) is 5.91 Å². The smallest absolute Gasteiger partial charge is 0.254 e. The quantitative estimate of drug-likeness (QED) is 0.391. The molecule has 1 amide bonds. The fourth-order valence-electron chi connectivity index (χ4n) is 4.88. The molecule has 0 saturated heterocycles. The molecular weight excluding hydrogens is 378 g/mol. The van der Waals surface area contributed by atoms with Gasteiger partial charge in [-0.3, -0.25) is 4.79 Å². The molecule has 160 valence electrons. The number of carbonyl (C=O) groups excluding carboxylic acids is 1. The van der Waals surface area contributed by atoms with Gasteiger partial charge in [-0.1, -0.05) is 93.4 Å². The van der Waals surface area contributed by atoms with Crippen molar-refractivity contribution < 1.29 is 4.79 Å². The van der Waals surface area contributed by atoms with E-state index in [0.29, 0.717) is 12.5 Å². The van der Waals surface area contributed by atoms with Crippen LogP contribution in [0.1, 0.15) is 71.8 Å². The Bertz CT molecular complexity index is 993. The maximum absolute atomic E-state index is 13.9. The highest BCUT2D eigenvalue weighted by molar-refractivity contribution is 5.94. The van der Waals surface area contributed by atoms with E-state index in [1.54, 1.807) is 0 Å². The summed E-state index contributed by atoms with van der Waals surface area (Å²) < 4.78 is 0. The van der Waals surface area contributed by atoms with E-state index in [1.165, 1.54) is 35.1 Å². The van der Waals surface area contributed by atoms with E-state index in [4.69, 9.17) is 0 Å². The number of benzene rings is 3. The third kappa shape index (κ3) is 4.74.